The zero-order valence-corrected chi connectivity index (χ0v) is 12.4. The zero-order chi connectivity index (χ0) is 13.0. The number of nitrogens with one attached hydrogen (secondary N) is 1. The molecule has 0 amide bonds. The molecule has 18 heavy (non-hydrogen) atoms. The van der Waals surface area contributed by atoms with Crippen molar-refractivity contribution >= 4 is 11.8 Å². The molecule has 0 aromatic carbocycles. The number of thioether (sulfide) groups is 1. The summed E-state index contributed by atoms with van der Waals surface area (Å²) in [6.07, 6.45) is 1.88. The predicted molar refractivity (Wildman–Crippen MR) is 77.9 cm³/mol. The van der Waals surface area contributed by atoms with Crippen LogP contribution in [0.4, 0.5) is 0 Å². The van der Waals surface area contributed by atoms with Crippen molar-refractivity contribution in [3.63, 3.8) is 0 Å². The van der Waals surface area contributed by atoms with Crippen LogP contribution in [-0.2, 0) is 13.1 Å². The van der Waals surface area contributed by atoms with Crippen molar-refractivity contribution in [1.82, 2.24) is 10.2 Å². The molecule has 1 aliphatic heterocycles. The molecule has 2 rings (SSSR count). The SMILES string of the molecule is CCNCc1coc(CN2CC(C)SC(C)C2)c1. The average molecular weight is 268 g/mol. The fourth-order valence-corrected chi connectivity index (χ4v) is 3.89. The van der Waals surface area contributed by atoms with Crippen LogP contribution in [0, 0.1) is 0 Å². The Kier molecular flexibility index (Phi) is 5.15. The molecule has 1 aliphatic rings. The van der Waals surface area contributed by atoms with Crippen LogP contribution in [0.2, 0.25) is 0 Å². The molecular formula is C14H24N2OS. The summed E-state index contributed by atoms with van der Waals surface area (Å²) in [4.78, 5) is 2.50. The van der Waals surface area contributed by atoms with Crippen molar-refractivity contribution in [1.29, 1.82) is 0 Å². The molecule has 2 atom stereocenters. The quantitative estimate of drug-likeness (QED) is 0.889. The van der Waals surface area contributed by atoms with E-state index in [4.69, 9.17) is 4.42 Å². The lowest BCUT2D eigenvalue weighted by Crippen LogP contribution is -2.39. The predicted octanol–water partition coefficient (Wildman–Crippen LogP) is 2.71. The smallest absolute Gasteiger partial charge is 0.118 e. The van der Waals surface area contributed by atoms with Gasteiger partial charge in [0.1, 0.15) is 5.76 Å². The molecule has 102 valence electrons. The molecule has 1 aromatic rings. The van der Waals surface area contributed by atoms with E-state index in [1.54, 1.807) is 0 Å². The van der Waals surface area contributed by atoms with Gasteiger partial charge in [0.15, 0.2) is 0 Å². The minimum atomic E-state index is 0.727. The first-order chi connectivity index (χ1) is 8.67. The highest BCUT2D eigenvalue weighted by atomic mass is 32.2. The molecule has 0 spiro atoms. The summed E-state index contributed by atoms with van der Waals surface area (Å²) < 4.78 is 5.65. The Labute approximate surface area is 114 Å². The summed E-state index contributed by atoms with van der Waals surface area (Å²) in [6.45, 7) is 11.9. The lowest BCUT2D eigenvalue weighted by molar-refractivity contribution is 0.241. The fraction of sp³-hybridized carbons (Fsp3) is 0.714. The van der Waals surface area contributed by atoms with Crippen LogP contribution < -0.4 is 5.32 Å². The van der Waals surface area contributed by atoms with Crippen molar-refractivity contribution in [2.45, 2.75) is 44.4 Å². The molecule has 0 aliphatic carbocycles. The molecule has 3 nitrogen and oxygen atoms in total. The van der Waals surface area contributed by atoms with Crippen LogP contribution in [0.25, 0.3) is 0 Å². The molecule has 0 saturated carbocycles. The first-order valence-corrected chi connectivity index (χ1v) is 7.76. The lowest BCUT2D eigenvalue weighted by atomic mass is 10.2. The molecular weight excluding hydrogens is 244 g/mol. The summed E-state index contributed by atoms with van der Waals surface area (Å²) in [5, 5.41) is 4.77. The summed E-state index contributed by atoms with van der Waals surface area (Å²) in [5.41, 5.74) is 1.25. The Morgan fingerprint density at radius 1 is 1.39 bits per heavy atom. The normalized spacial score (nSPS) is 25.5. The molecule has 1 fully saturated rings. The van der Waals surface area contributed by atoms with Crippen molar-refractivity contribution in [3.05, 3.63) is 23.7 Å². The average Bonchev–Trinajstić information content (AvgIpc) is 2.72. The fourth-order valence-electron chi connectivity index (χ4n) is 2.51. The molecule has 1 N–H and O–H groups in total. The molecule has 4 heteroatoms. The second-order valence-electron chi connectivity index (χ2n) is 5.15. The Bertz CT molecular complexity index is 356. The van der Waals surface area contributed by atoms with Gasteiger partial charge in [0.2, 0.25) is 0 Å². The number of hydrogen-bond donors (Lipinski definition) is 1. The summed E-state index contributed by atoms with van der Waals surface area (Å²) in [5.74, 6) is 1.09. The van der Waals surface area contributed by atoms with Crippen molar-refractivity contribution in [3.8, 4) is 0 Å². The zero-order valence-electron chi connectivity index (χ0n) is 11.6. The third kappa shape index (κ3) is 4.04. The van der Waals surface area contributed by atoms with E-state index in [-0.39, 0.29) is 0 Å². The van der Waals surface area contributed by atoms with Crippen LogP contribution in [0.5, 0.6) is 0 Å². The Hall–Kier alpha value is -0.450. The van der Waals surface area contributed by atoms with Crippen molar-refractivity contribution < 1.29 is 4.42 Å². The summed E-state index contributed by atoms with van der Waals surface area (Å²) in [6, 6.07) is 2.18. The number of furan rings is 1. The van der Waals surface area contributed by atoms with Gasteiger partial charge in [-0.3, -0.25) is 4.90 Å². The van der Waals surface area contributed by atoms with Crippen LogP contribution in [0.3, 0.4) is 0 Å². The van der Waals surface area contributed by atoms with Gasteiger partial charge in [-0.15, -0.1) is 0 Å². The maximum atomic E-state index is 5.65. The Morgan fingerprint density at radius 2 is 2.11 bits per heavy atom. The third-order valence-electron chi connectivity index (χ3n) is 3.16. The van der Waals surface area contributed by atoms with Crippen LogP contribution in [0.15, 0.2) is 16.7 Å². The van der Waals surface area contributed by atoms with E-state index in [1.807, 2.05) is 6.26 Å². The third-order valence-corrected chi connectivity index (χ3v) is 4.39. The van der Waals surface area contributed by atoms with Gasteiger partial charge in [0.25, 0.3) is 0 Å². The number of nitrogens with zero attached hydrogens (tertiary/aromatic N) is 1. The van der Waals surface area contributed by atoms with Gasteiger partial charge in [-0.05, 0) is 12.6 Å². The van der Waals surface area contributed by atoms with Gasteiger partial charge < -0.3 is 9.73 Å². The van der Waals surface area contributed by atoms with E-state index in [0.717, 1.165) is 49.0 Å². The molecule has 0 radical (unpaired) electrons. The highest BCUT2D eigenvalue weighted by Crippen LogP contribution is 2.25. The lowest BCUT2D eigenvalue weighted by Gasteiger charge is -2.33. The van der Waals surface area contributed by atoms with Gasteiger partial charge >= 0.3 is 0 Å². The molecule has 2 unspecified atom stereocenters. The van der Waals surface area contributed by atoms with Crippen LogP contribution in [0.1, 0.15) is 32.1 Å². The first kappa shape index (κ1) is 14.0. The molecule has 0 bridgehead atoms. The summed E-state index contributed by atoms with van der Waals surface area (Å²) >= 11 is 2.09. The minimum Gasteiger partial charge on any atom is -0.468 e. The van der Waals surface area contributed by atoms with E-state index in [0.29, 0.717) is 0 Å². The van der Waals surface area contributed by atoms with E-state index < -0.39 is 0 Å². The van der Waals surface area contributed by atoms with E-state index in [9.17, 15) is 0 Å². The monoisotopic (exact) mass is 268 g/mol. The maximum Gasteiger partial charge on any atom is 0.118 e. The highest BCUT2D eigenvalue weighted by molar-refractivity contribution is 8.00. The van der Waals surface area contributed by atoms with E-state index in [1.165, 1.54) is 5.56 Å². The van der Waals surface area contributed by atoms with E-state index >= 15 is 0 Å². The van der Waals surface area contributed by atoms with Gasteiger partial charge in [-0.1, -0.05) is 20.8 Å². The molecule has 1 saturated heterocycles. The Morgan fingerprint density at radius 3 is 2.78 bits per heavy atom. The van der Waals surface area contributed by atoms with E-state index in [2.05, 4.69) is 48.8 Å². The largest absolute Gasteiger partial charge is 0.468 e. The first-order valence-electron chi connectivity index (χ1n) is 6.82. The maximum absolute atomic E-state index is 5.65. The highest BCUT2D eigenvalue weighted by Gasteiger charge is 2.22. The Balaban J connectivity index is 1.86. The second-order valence-corrected chi connectivity index (χ2v) is 7.03. The second kappa shape index (κ2) is 6.64. The van der Waals surface area contributed by atoms with Crippen LogP contribution >= 0.6 is 11.8 Å². The topological polar surface area (TPSA) is 28.4 Å². The molecule has 1 aromatic heterocycles. The number of rotatable bonds is 5. The molecule has 2 heterocycles. The van der Waals surface area contributed by atoms with Crippen LogP contribution in [-0.4, -0.2) is 35.0 Å². The number of hydrogen-bond acceptors (Lipinski definition) is 4. The minimum absolute atomic E-state index is 0.727. The van der Waals surface area contributed by atoms with Gasteiger partial charge in [0, 0.05) is 35.7 Å². The van der Waals surface area contributed by atoms with Gasteiger partial charge in [-0.25, -0.2) is 0 Å². The van der Waals surface area contributed by atoms with Crippen molar-refractivity contribution in [2.24, 2.45) is 0 Å². The standard InChI is InChI=1S/C14H24N2OS/c1-4-15-6-13-5-14(17-10-13)9-16-7-11(2)18-12(3)8-16/h5,10-12,15H,4,6-9H2,1-3H3. The summed E-state index contributed by atoms with van der Waals surface area (Å²) in [7, 11) is 0. The van der Waals surface area contributed by atoms with Crippen molar-refractivity contribution in [2.75, 3.05) is 19.6 Å². The van der Waals surface area contributed by atoms with Gasteiger partial charge in [0.05, 0.1) is 12.8 Å². The van der Waals surface area contributed by atoms with Gasteiger partial charge in [-0.2, -0.15) is 11.8 Å².